The average Bonchev–Trinajstić information content (AvgIpc) is 2.69. The topological polar surface area (TPSA) is 98.8 Å². The molecule has 0 aromatic heterocycles. The summed E-state index contributed by atoms with van der Waals surface area (Å²) in [4.78, 5) is 51.3. The third-order valence-corrected chi connectivity index (χ3v) is 5.00. The van der Waals surface area contributed by atoms with Crippen LogP contribution in [0.5, 0.6) is 0 Å². The molecule has 0 saturated heterocycles. The summed E-state index contributed by atoms with van der Waals surface area (Å²) in [7, 11) is 3.72. The number of nitrogens with zero attached hydrogens (tertiary/aromatic N) is 2. The van der Waals surface area contributed by atoms with Gasteiger partial charge in [-0.3, -0.25) is 24.1 Å². The molecule has 2 aromatic carbocycles. The van der Waals surface area contributed by atoms with Crippen molar-refractivity contribution in [3.8, 4) is 0 Å². The summed E-state index contributed by atoms with van der Waals surface area (Å²) in [6.07, 6.45) is 0. The van der Waals surface area contributed by atoms with Crippen molar-refractivity contribution >= 4 is 63.3 Å². The molecule has 158 valence electrons. The van der Waals surface area contributed by atoms with Gasteiger partial charge in [-0.25, -0.2) is 0 Å². The van der Waals surface area contributed by atoms with Crippen molar-refractivity contribution in [1.29, 1.82) is 0 Å². The number of amides is 4. The number of halogens is 2. The molecule has 30 heavy (non-hydrogen) atoms. The van der Waals surface area contributed by atoms with Crippen LogP contribution in [0.3, 0.4) is 0 Å². The maximum absolute atomic E-state index is 13.0. The Labute approximate surface area is 183 Å². The van der Waals surface area contributed by atoms with Crippen LogP contribution in [-0.4, -0.2) is 72.0 Å². The number of anilines is 1. The molecule has 2 aromatic rings. The SMILES string of the molecule is CN(C)CCN1C(=O)c2cccc3cc(NC(=O)CNC(=O)C(Cl)Cl)cc(c23)C1=O. The summed E-state index contributed by atoms with van der Waals surface area (Å²) in [6.45, 7) is 0.450. The number of benzene rings is 2. The van der Waals surface area contributed by atoms with Gasteiger partial charge in [-0.05, 0) is 37.7 Å². The molecule has 0 unspecified atom stereocenters. The van der Waals surface area contributed by atoms with Gasteiger partial charge in [0.15, 0.2) is 4.84 Å². The standard InChI is InChI=1S/C20H20Cl2N4O4/c1-25(2)6-7-26-19(29)13-5-3-4-11-8-12(9-14(16(11)13)20(26)30)24-15(27)10-23-18(28)17(21)22/h3-5,8-9,17H,6-7,10H2,1-2H3,(H,23,28)(H,24,27). The number of carbonyl (C=O) groups excluding carboxylic acids is 4. The Morgan fingerprint density at radius 1 is 1.10 bits per heavy atom. The summed E-state index contributed by atoms with van der Waals surface area (Å²) < 4.78 is 0. The lowest BCUT2D eigenvalue weighted by Crippen LogP contribution is -2.43. The first kappa shape index (κ1) is 22.0. The van der Waals surface area contributed by atoms with Gasteiger partial charge in [0.25, 0.3) is 17.7 Å². The molecule has 0 atom stereocenters. The summed E-state index contributed by atoms with van der Waals surface area (Å²) in [6, 6.07) is 8.39. The summed E-state index contributed by atoms with van der Waals surface area (Å²) in [5, 5.41) is 6.15. The first-order chi connectivity index (χ1) is 14.2. The molecule has 10 heteroatoms. The van der Waals surface area contributed by atoms with E-state index in [9.17, 15) is 19.2 Å². The van der Waals surface area contributed by atoms with Crippen molar-refractivity contribution in [2.75, 3.05) is 39.0 Å². The molecule has 0 spiro atoms. The van der Waals surface area contributed by atoms with E-state index in [4.69, 9.17) is 23.2 Å². The number of nitrogens with one attached hydrogen (secondary N) is 2. The molecule has 1 heterocycles. The molecular formula is C20H20Cl2N4O4. The lowest BCUT2D eigenvalue weighted by molar-refractivity contribution is -0.122. The molecule has 8 nitrogen and oxygen atoms in total. The van der Waals surface area contributed by atoms with Gasteiger partial charge in [-0.2, -0.15) is 0 Å². The van der Waals surface area contributed by atoms with Gasteiger partial charge >= 0.3 is 0 Å². The Bertz CT molecular complexity index is 1040. The fraction of sp³-hybridized carbons (Fsp3) is 0.300. The molecule has 3 rings (SSSR count). The van der Waals surface area contributed by atoms with Crippen molar-refractivity contribution in [3.05, 3.63) is 41.5 Å². The van der Waals surface area contributed by atoms with Crippen LogP contribution in [0.15, 0.2) is 30.3 Å². The van der Waals surface area contributed by atoms with E-state index in [1.807, 2.05) is 19.0 Å². The smallest absolute Gasteiger partial charge is 0.261 e. The minimum absolute atomic E-state index is 0.251. The van der Waals surface area contributed by atoms with Crippen LogP contribution in [0.2, 0.25) is 0 Å². The first-order valence-corrected chi connectivity index (χ1v) is 9.99. The van der Waals surface area contributed by atoms with E-state index in [1.165, 1.54) is 11.0 Å². The largest absolute Gasteiger partial charge is 0.345 e. The normalized spacial score (nSPS) is 13.3. The van der Waals surface area contributed by atoms with Crippen molar-refractivity contribution in [2.24, 2.45) is 0 Å². The molecule has 0 fully saturated rings. The Hall–Kier alpha value is -2.68. The van der Waals surface area contributed by atoms with Crippen LogP contribution >= 0.6 is 23.2 Å². The highest BCUT2D eigenvalue weighted by atomic mass is 35.5. The number of alkyl halides is 2. The second kappa shape index (κ2) is 8.99. The first-order valence-electron chi connectivity index (χ1n) is 9.12. The second-order valence-corrected chi connectivity index (χ2v) is 8.16. The highest BCUT2D eigenvalue weighted by Gasteiger charge is 2.33. The van der Waals surface area contributed by atoms with Gasteiger partial charge in [0.2, 0.25) is 5.91 Å². The van der Waals surface area contributed by atoms with E-state index in [0.717, 1.165) is 0 Å². The fourth-order valence-electron chi connectivity index (χ4n) is 3.18. The molecule has 0 bridgehead atoms. The average molecular weight is 451 g/mol. The molecule has 0 radical (unpaired) electrons. The van der Waals surface area contributed by atoms with Gasteiger partial charge < -0.3 is 15.5 Å². The predicted octanol–water partition coefficient (Wildman–Crippen LogP) is 1.86. The number of carbonyl (C=O) groups is 4. The van der Waals surface area contributed by atoms with E-state index in [-0.39, 0.29) is 19.0 Å². The van der Waals surface area contributed by atoms with Crippen LogP contribution in [0, 0.1) is 0 Å². The molecule has 0 saturated carbocycles. The number of likely N-dealkylation sites (N-methyl/N-ethyl adjacent to an activating group) is 1. The maximum Gasteiger partial charge on any atom is 0.261 e. The fourth-order valence-corrected chi connectivity index (χ4v) is 3.34. The summed E-state index contributed by atoms with van der Waals surface area (Å²) in [5.41, 5.74) is 1.15. The number of imide groups is 1. The minimum atomic E-state index is -1.27. The zero-order valence-corrected chi connectivity index (χ0v) is 17.9. The molecule has 0 aliphatic carbocycles. The zero-order chi connectivity index (χ0) is 22.0. The monoisotopic (exact) mass is 450 g/mol. The maximum atomic E-state index is 13.0. The summed E-state index contributed by atoms with van der Waals surface area (Å²) >= 11 is 10.9. The van der Waals surface area contributed by atoms with Crippen LogP contribution in [0.25, 0.3) is 10.8 Å². The number of hydrogen-bond acceptors (Lipinski definition) is 5. The lowest BCUT2D eigenvalue weighted by Gasteiger charge is -2.28. The van der Waals surface area contributed by atoms with Crippen molar-refractivity contribution < 1.29 is 19.2 Å². The van der Waals surface area contributed by atoms with E-state index < -0.39 is 22.6 Å². The van der Waals surface area contributed by atoms with Crippen LogP contribution in [0.4, 0.5) is 5.69 Å². The van der Waals surface area contributed by atoms with Gasteiger partial charge in [-0.15, -0.1) is 0 Å². The van der Waals surface area contributed by atoms with Crippen molar-refractivity contribution in [2.45, 2.75) is 4.84 Å². The third kappa shape index (κ3) is 4.56. The molecular weight excluding hydrogens is 431 g/mol. The van der Waals surface area contributed by atoms with E-state index in [0.29, 0.717) is 34.1 Å². The quantitative estimate of drug-likeness (QED) is 0.495. The Balaban J connectivity index is 1.90. The van der Waals surface area contributed by atoms with Crippen LogP contribution in [0.1, 0.15) is 20.7 Å². The molecule has 4 amide bonds. The van der Waals surface area contributed by atoms with Crippen molar-refractivity contribution in [1.82, 2.24) is 15.1 Å². The van der Waals surface area contributed by atoms with Crippen LogP contribution in [-0.2, 0) is 9.59 Å². The molecule has 1 aliphatic rings. The molecule has 1 aliphatic heterocycles. The van der Waals surface area contributed by atoms with Gasteiger partial charge in [0, 0.05) is 29.7 Å². The molecule has 2 N–H and O–H groups in total. The van der Waals surface area contributed by atoms with Crippen molar-refractivity contribution in [3.63, 3.8) is 0 Å². The Kier molecular flexibility index (Phi) is 6.60. The third-order valence-electron chi connectivity index (χ3n) is 4.60. The Morgan fingerprint density at radius 2 is 1.80 bits per heavy atom. The van der Waals surface area contributed by atoms with E-state index in [1.54, 1.807) is 24.3 Å². The summed E-state index contributed by atoms with van der Waals surface area (Å²) in [5.74, 6) is -1.95. The number of hydrogen-bond donors (Lipinski definition) is 2. The Morgan fingerprint density at radius 3 is 2.47 bits per heavy atom. The highest BCUT2D eigenvalue weighted by Crippen LogP contribution is 2.32. The second-order valence-electron chi connectivity index (χ2n) is 7.06. The zero-order valence-electron chi connectivity index (χ0n) is 16.4. The highest BCUT2D eigenvalue weighted by molar-refractivity contribution is 6.53. The number of rotatable bonds is 7. The van der Waals surface area contributed by atoms with Gasteiger partial charge in [0.05, 0.1) is 12.1 Å². The van der Waals surface area contributed by atoms with E-state index >= 15 is 0 Å². The predicted molar refractivity (Wildman–Crippen MR) is 115 cm³/mol. The minimum Gasteiger partial charge on any atom is -0.345 e. The lowest BCUT2D eigenvalue weighted by atomic mass is 9.93. The van der Waals surface area contributed by atoms with Gasteiger partial charge in [0.1, 0.15) is 0 Å². The van der Waals surface area contributed by atoms with Crippen LogP contribution < -0.4 is 10.6 Å². The van der Waals surface area contributed by atoms with Gasteiger partial charge in [-0.1, -0.05) is 35.3 Å². The van der Waals surface area contributed by atoms with E-state index in [2.05, 4.69) is 10.6 Å².